The van der Waals surface area contributed by atoms with Crippen molar-refractivity contribution in [3.8, 4) is 0 Å². The van der Waals surface area contributed by atoms with E-state index < -0.39 is 0 Å². The summed E-state index contributed by atoms with van der Waals surface area (Å²) in [6.45, 7) is 7.91. The molecule has 4 heteroatoms. The number of anilines is 1. The van der Waals surface area contributed by atoms with E-state index in [1.54, 1.807) is 0 Å². The summed E-state index contributed by atoms with van der Waals surface area (Å²) < 4.78 is 6.71. The Morgan fingerprint density at radius 2 is 2.00 bits per heavy atom. The maximum Gasteiger partial charge on any atom is 0.0644 e. The Kier molecular flexibility index (Phi) is 6.83. The molecule has 0 aromatic heterocycles. The second kappa shape index (κ2) is 7.88. The van der Waals surface area contributed by atoms with Crippen molar-refractivity contribution in [1.82, 2.24) is 5.32 Å². The summed E-state index contributed by atoms with van der Waals surface area (Å²) in [5.74, 6) is 0. The standard InChI is InChI=1S/C15H25BrN2O/c1-11(2)19-9-8-18(5)15-7-6-13(10-14(15)16)12(3)17-4/h6-7,10-12,17H,8-9H2,1-5H3. The molecular formula is C15H25BrN2O. The molecule has 1 aromatic carbocycles. The fourth-order valence-electron chi connectivity index (χ4n) is 1.81. The summed E-state index contributed by atoms with van der Waals surface area (Å²) in [6.07, 6.45) is 0.288. The highest BCUT2D eigenvalue weighted by Gasteiger charge is 2.09. The number of rotatable bonds is 7. The van der Waals surface area contributed by atoms with Crippen molar-refractivity contribution >= 4 is 21.6 Å². The summed E-state index contributed by atoms with van der Waals surface area (Å²) >= 11 is 3.66. The molecule has 0 radical (unpaired) electrons. The first-order valence-corrected chi connectivity index (χ1v) is 7.54. The van der Waals surface area contributed by atoms with Crippen LogP contribution in [0.1, 0.15) is 32.4 Å². The summed E-state index contributed by atoms with van der Waals surface area (Å²) in [4.78, 5) is 2.21. The average molecular weight is 329 g/mol. The van der Waals surface area contributed by atoms with Gasteiger partial charge in [-0.05, 0) is 61.4 Å². The van der Waals surface area contributed by atoms with Crippen molar-refractivity contribution in [2.45, 2.75) is 32.9 Å². The smallest absolute Gasteiger partial charge is 0.0644 e. The molecule has 0 saturated carbocycles. The number of ether oxygens (including phenoxy) is 1. The number of halogens is 1. The van der Waals surface area contributed by atoms with E-state index in [0.717, 1.165) is 17.6 Å². The first-order valence-electron chi connectivity index (χ1n) is 6.75. The van der Waals surface area contributed by atoms with E-state index in [9.17, 15) is 0 Å². The monoisotopic (exact) mass is 328 g/mol. The molecule has 0 amide bonds. The van der Waals surface area contributed by atoms with Crippen LogP contribution in [0.25, 0.3) is 0 Å². The van der Waals surface area contributed by atoms with E-state index in [2.05, 4.69) is 72.2 Å². The van der Waals surface area contributed by atoms with Gasteiger partial charge in [-0.1, -0.05) is 6.07 Å². The number of hydrogen-bond donors (Lipinski definition) is 1. The lowest BCUT2D eigenvalue weighted by atomic mass is 10.1. The molecule has 0 aliphatic heterocycles. The van der Waals surface area contributed by atoms with Crippen LogP contribution in [0.2, 0.25) is 0 Å². The van der Waals surface area contributed by atoms with Crippen LogP contribution in [-0.2, 0) is 4.74 Å². The predicted octanol–water partition coefficient (Wildman–Crippen LogP) is 3.59. The first kappa shape index (κ1) is 16.5. The Labute approximate surface area is 125 Å². The molecule has 0 aliphatic rings. The van der Waals surface area contributed by atoms with Gasteiger partial charge in [0.05, 0.1) is 18.4 Å². The van der Waals surface area contributed by atoms with E-state index in [1.807, 2.05) is 7.05 Å². The van der Waals surface area contributed by atoms with Crippen molar-refractivity contribution in [3.63, 3.8) is 0 Å². The molecular weight excluding hydrogens is 304 g/mol. The van der Waals surface area contributed by atoms with Crippen LogP contribution in [0.5, 0.6) is 0 Å². The van der Waals surface area contributed by atoms with E-state index in [4.69, 9.17) is 4.74 Å². The summed E-state index contributed by atoms with van der Waals surface area (Å²) in [5, 5.41) is 3.25. The molecule has 0 fully saturated rings. The second-order valence-corrected chi connectivity index (χ2v) is 5.92. The quantitative estimate of drug-likeness (QED) is 0.827. The van der Waals surface area contributed by atoms with Gasteiger partial charge in [-0.25, -0.2) is 0 Å². The Balaban J connectivity index is 2.67. The van der Waals surface area contributed by atoms with Crippen molar-refractivity contribution in [2.75, 3.05) is 32.1 Å². The zero-order chi connectivity index (χ0) is 14.4. The number of nitrogens with zero attached hydrogens (tertiary/aromatic N) is 1. The van der Waals surface area contributed by atoms with Gasteiger partial charge in [-0.3, -0.25) is 0 Å². The predicted molar refractivity (Wildman–Crippen MR) is 86.0 cm³/mol. The maximum absolute atomic E-state index is 5.59. The third-order valence-electron chi connectivity index (χ3n) is 3.19. The molecule has 0 aliphatic carbocycles. The zero-order valence-corrected chi connectivity index (χ0v) is 14.1. The fourth-order valence-corrected chi connectivity index (χ4v) is 2.51. The normalized spacial score (nSPS) is 12.8. The Morgan fingerprint density at radius 3 is 2.53 bits per heavy atom. The van der Waals surface area contributed by atoms with Gasteiger partial charge in [0.2, 0.25) is 0 Å². The van der Waals surface area contributed by atoms with E-state index in [-0.39, 0.29) is 6.10 Å². The number of likely N-dealkylation sites (N-methyl/N-ethyl adjacent to an activating group) is 1. The van der Waals surface area contributed by atoms with Crippen molar-refractivity contribution < 1.29 is 4.74 Å². The highest BCUT2D eigenvalue weighted by atomic mass is 79.9. The largest absolute Gasteiger partial charge is 0.377 e. The van der Waals surface area contributed by atoms with Crippen LogP contribution in [0, 0.1) is 0 Å². The Morgan fingerprint density at radius 1 is 1.32 bits per heavy atom. The second-order valence-electron chi connectivity index (χ2n) is 5.06. The van der Waals surface area contributed by atoms with Crippen LogP contribution in [0.4, 0.5) is 5.69 Å². The maximum atomic E-state index is 5.59. The molecule has 0 bridgehead atoms. The van der Waals surface area contributed by atoms with Gasteiger partial charge in [0.15, 0.2) is 0 Å². The lowest BCUT2D eigenvalue weighted by molar-refractivity contribution is 0.0846. The molecule has 1 atom stereocenters. The fraction of sp³-hybridized carbons (Fsp3) is 0.600. The van der Waals surface area contributed by atoms with Crippen LogP contribution < -0.4 is 10.2 Å². The van der Waals surface area contributed by atoms with Crippen molar-refractivity contribution in [1.29, 1.82) is 0 Å². The van der Waals surface area contributed by atoms with E-state index in [1.165, 1.54) is 11.3 Å². The molecule has 1 N–H and O–H groups in total. The molecule has 3 nitrogen and oxygen atoms in total. The van der Waals surface area contributed by atoms with Gasteiger partial charge in [-0.2, -0.15) is 0 Å². The third-order valence-corrected chi connectivity index (χ3v) is 3.83. The van der Waals surface area contributed by atoms with Gasteiger partial charge in [0.1, 0.15) is 0 Å². The highest BCUT2D eigenvalue weighted by Crippen LogP contribution is 2.28. The van der Waals surface area contributed by atoms with Crippen LogP contribution in [0.15, 0.2) is 22.7 Å². The lowest BCUT2D eigenvalue weighted by Crippen LogP contribution is -2.24. The Hall–Kier alpha value is -0.580. The van der Waals surface area contributed by atoms with Crippen LogP contribution in [-0.4, -0.2) is 33.4 Å². The van der Waals surface area contributed by atoms with Gasteiger partial charge >= 0.3 is 0 Å². The van der Waals surface area contributed by atoms with Crippen LogP contribution >= 0.6 is 15.9 Å². The van der Waals surface area contributed by atoms with E-state index >= 15 is 0 Å². The first-order chi connectivity index (χ1) is 8.95. The van der Waals surface area contributed by atoms with Crippen molar-refractivity contribution in [2.24, 2.45) is 0 Å². The summed E-state index contributed by atoms with van der Waals surface area (Å²) in [7, 11) is 4.06. The molecule has 1 unspecified atom stereocenters. The van der Waals surface area contributed by atoms with Gasteiger partial charge in [0, 0.05) is 24.1 Å². The lowest BCUT2D eigenvalue weighted by Gasteiger charge is -2.22. The van der Waals surface area contributed by atoms with Gasteiger partial charge in [0.25, 0.3) is 0 Å². The molecule has 0 saturated heterocycles. The summed E-state index contributed by atoms with van der Waals surface area (Å²) in [6, 6.07) is 6.86. The number of hydrogen-bond acceptors (Lipinski definition) is 3. The molecule has 0 heterocycles. The minimum Gasteiger partial charge on any atom is -0.377 e. The third kappa shape index (κ3) is 5.13. The minimum absolute atomic E-state index is 0.288. The number of benzene rings is 1. The molecule has 1 rings (SSSR count). The highest BCUT2D eigenvalue weighted by molar-refractivity contribution is 9.10. The topological polar surface area (TPSA) is 24.5 Å². The van der Waals surface area contributed by atoms with Gasteiger partial charge in [-0.15, -0.1) is 0 Å². The molecule has 108 valence electrons. The molecule has 19 heavy (non-hydrogen) atoms. The zero-order valence-electron chi connectivity index (χ0n) is 12.5. The van der Waals surface area contributed by atoms with Crippen molar-refractivity contribution in [3.05, 3.63) is 28.2 Å². The number of nitrogens with one attached hydrogen (secondary N) is 1. The summed E-state index contributed by atoms with van der Waals surface area (Å²) in [5.41, 5.74) is 2.48. The van der Waals surface area contributed by atoms with Gasteiger partial charge < -0.3 is 15.0 Å². The van der Waals surface area contributed by atoms with E-state index in [0.29, 0.717) is 6.04 Å². The average Bonchev–Trinajstić information content (AvgIpc) is 2.36. The van der Waals surface area contributed by atoms with Crippen LogP contribution in [0.3, 0.4) is 0 Å². The minimum atomic E-state index is 0.288. The SMILES string of the molecule is CNC(C)c1ccc(N(C)CCOC(C)C)c(Br)c1. The molecule has 1 aromatic rings. The molecule has 0 spiro atoms. The Bertz CT molecular complexity index is 396.